The summed E-state index contributed by atoms with van der Waals surface area (Å²) in [6.45, 7) is 5.23. The third kappa shape index (κ3) is 7.79. The van der Waals surface area contributed by atoms with Gasteiger partial charge in [0.1, 0.15) is 11.5 Å². The fraction of sp³-hybridized carbons (Fsp3) is 0.296. The maximum atomic E-state index is 14.7. The SMILES string of the molecule is Cc1ccc(S(=O)(=O)Nc2cc(Cl)cnc2C(=O)c2cc(NC(=O)CCCC(C)C)ccc2F)cc1C(F)(F)F. The number of nitrogens with one attached hydrogen (secondary N) is 2. The van der Waals surface area contributed by atoms with Gasteiger partial charge >= 0.3 is 6.18 Å². The van der Waals surface area contributed by atoms with E-state index in [0.29, 0.717) is 18.4 Å². The highest BCUT2D eigenvalue weighted by Crippen LogP contribution is 2.34. The van der Waals surface area contributed by atoms with Crippen LogP contribution in [0.1, 0.15) is 60.3 Å². The van der Waals surface area contributed by atoms with Crippen LogP contribution < -0.4 is 10.0 Å². The number of benzene rings is 2. The minimum atomic E-state index is -4.80. The van der Waals surface area contributed by atoms with Crippen LogP contribution in [0.4, 0.5) is 28.9 Å². The van der Waals surface area contributed by atoms with Gasteiger partial charge < -0.3 is 5.32 Å². The Kier molecular flexibility index (Phi) is 9.57. The molecule has 0 spiro atoms. The van der Waals surface area contributed by atoms with Gasteiger partial charge in [0.05, 0.1) is 26.7 Å². The van der Waals surface area contributed by atoms with E-state index in [4.69, 9.17) is 11.6 Å². The Labute approximate surface area is 234 Å². The molecule has 0 aliphatic carbocycles. The smallest absolute Gasteiger partial charge is 0.326 e. The maximum absolute atomic E-state index is 14.7. The van der Waals surface area contributed by atoms with E-state index in [9.17, 15) is 35.6 Å². The van der Waals surface area contributed by atoms with Crippen molar-refractivity contribution in [1.82, 2.24) is 4.98 Å². The molecule has 2 N–H and O–H groups in total. The van der Waals surface area contributed by atoms with Gasteiger partial charge in [0.25, 0.3) is 10.0 Å². The van der Waals surface area contributed by atoms with Crippen molar-refractivity contribution in [3.8, 4) is 0 Å². The number of carbonyl (C=O) groups excluding carboxylic acids is 2. The second kappa shape index (κ2) is 12.3. The number of sulfonamides is 1. The molecule has 0 aliphatic rings. The van der Waals surface area contributed by atoms with Crippen LogP contribution in [0.3, 0.4) is 0 Å². The zero-order valence-electron chi connectivity index (χ0n) is 21.7. The summed E-state index contributed by atoms with van der Waals surface area (Å²) < 4.78 is 82.8. The summed E-state index contributed by atoms with van der Waals surface area (Å²) in [7, 11) is -4.67. The first-order valence-electron chi connectivity index (χ1n) is 12.1. The molecule has 1 aromatic heterocycles. The van der Waals surface area contributed by atoms with Crippen molar-refractivity contribution in [2.24, 2.45) is 5.92 Å². The van der Waals surface area contributed by atoms with E-state index < -0.39 is 55.2 Å². The Bertz CT molecular complexity index is 1540. The van der Waals surface area contributed by atoms with Crippen molar-refractivity contribution in [2.45, 2.75) is 51.1 Å². The number of nitrogens with zero attached hydrogens (tertiary/aromatic N) is 1. The van der Waals surface area contributed by atoms with Crippen molar-refractivity contribution in [3.63, 3.8) is 0 Å². The van der Waals surface area contributed by atoms with Gasteiger partial charge in [-0.3, -0.25) is 14.3 Å². The molecule has 40 heavy (non-hydrogen) atoms. The van der Waals surface area contributed by atoms with Crippen LogP contribution in [0.5, 0.6) is 0 Å². The van der Waals surface area contributed by atoms with Crippen molar-refractivity contribution < 1.29 is 35.6 Å². The monoisotopic (exact) mass is 599 g/mol. The van der Waals surface area contributed by atoms with Crippen LogP contribution >= 0.6 is 11.6 Å². The molecule has 1 amide bonds. The Morgan fingerprint density at radius 2 is 1.77 bits per heavy atom. The third-order valence-corrected chi connectivity index (χ3v) is 7.39. The largest absolute Gasteiger partial charge is 0.416 e. The van der Waals surface area contributed by atoms with Gasteiger partial charge in [0, 0.05) is 18.3 Å². The quantitative estimate of drug-likeness (QED) is 0.193. The lowest BCUT2D eigenvalue weighted by Crippen LogP contribution is -2.19. The molecular weight excluding hydrogens is 574 g/mol. The van der Waals surface area contributed by atoms with Crippen LogP contribution in [0.25, 0.3) is 0 Å². The van der Waals surface area contributed by atoms with Crippen molar-refractivity contribution >= 4 is 44.7 Å². The lowest BCUT2D eigenvalue weighted by molar-refractivity contribution is -0.138. The molecule has 13 heteroatoms. The van der Waals surface area contributed by atoms with Gasteiger partial charge in [-0.15, -0.1) is 0 Å². The highest BCUT2D eigenvalue weighted by atomic mass is 35.5. The zero-order valence-corrected chi connectivity index (χ0v) is 23.3. The van der Waals surface area contributed by atoms with E-state index in [0.717, 1.165) is 42.9 Å². The van der Waals surface area contributed by atoms with Crippen LogP contribution in [0.2, 0.25) is 5.02 Å². The van der Waals surface area contributed by atoms with Crippen molar-refractivity contribution in [1.29, 1.82) is 0 Å². The number of carbonyl (C=O) groups is 2. The molecule has 0 fully saturated rings. The predicted molar refractivity (Wildman–Crippen MR) is 143 cm³/mol. The molecule has 0 bridgehead atoms. The van der Waals surface area contributed by atoms with Gasteiger partial charge in [-0.25, -0.2) is 17.8 Å². The number of hydrogen-bond donors (Lipinski definition) is 2. The summed E-state index contributed by atoms with van der Waals surface area (Å²) in [5.74, 6) is -1.94. The van der Waals surface area contributed by atoms with E-state index in [1.165, 1.54) is 13.0 Å². The van der Waals surface area contributed by atoms with Crippen molar-refractivity contribution in [2.75, 3.05) is 10.0 Å². The summed E-state index contributed by atoms with van der Waals surface area (Å²) in [5.41, 5.74) is -2.76. The topological polar surface area (TPSA) is 105 Å². The molecule has 0 radical (unpaired) electrons. The molecule has 0 unspecified atom stereocenters. The average Bonchev–Trinajstić information content (AvgIpc) is 2.84. The summed E-state index contributed by atoms with van der Waals surface area (Å²) in [6.07, 6.45) is -2.08. The summed E-state index contributed by atoms with van der Waals surface area (Å²) in [4.78, 5) is 28.7. The second-order valence-corrected chi connectivity index (χ2v) is 11.6. The summed E-state index contributed by atoms with van der Waals surface area (Å²) >= 11 is 5.94. The Morgan fingerprint density at radius 3 is 2.42 bits per heavy atom. The average molecular weight is 600 g/mol. The number of alkyl halides is 3. The Balaban J connectivity index is 1.93. The molecule has 0 saturated carbocycles. The maximum Gasteiger partial charge on any atom is 0.416 e. The Morgan fingerprint density at radius 1 is 1.07 bits per heavy atom. The number of anilines is 2. The fourth-order valence-electron chi connectivity index (χ4n) is 3.77. The highest BCUT2D eigenvalue weighted by Gasteiger charge is 2.34. The minimum Gasteiger partial charge on any atom is -0.326 e. The summed E-state index contributed by atoms with van der Waals surface area (Å²) in [5, 5.41) is 2.49. The van der Waals surface area contributed by atoms with Gasteiger partial charge in [0.15, 0.2) is 0 Å². The van der Waals surface area contributed by atoms with E-state index >= 15 is 0 Å². The molecule has 0 atom stereocenters. The predicted octanol–water partition coefficient (Wildman–Crippen LogP) is 7.00. The van der Waals surface area contributed by atoms with Gasteiger partial charge in [-0.05, 0) is 61.2 Å². The van der Waals surface area contributed by atoms with Gasteiger partial charge in [-0.2, -0.15) is 13.2 Å². The number of hydrogen-bond acceptors (Lipinski definition) is 5. The van der Waals surface area contributed by atoms with Gasteiger partial charge in [-0.1, -0.05) is 37.9 Å². The minimum absolute atomic E-state index is 0.1000. The number of halogens is 5. The zero-order chi connectivity index (χ0) is 29.8. The molecular formula is C27H26ClF4N3O4S. The first-order chi connectivity index (χ1) is 18.6. The molecule has 3 rings (SSSR count). The second-order valence-electron chi connectivity index (χ2n) is 9.49. The number of pyridine rings is 1. The molecule has 2 aromatic carbocycles. The Hall–Kier alpha value is -3.51. The first-order valence-corrected chi connectivity index (χ1v) is 13.9. The van der Waals surface area contributed by atoms with E-state index in [1.54, 1.807) is 0 Å². The molecule has 7 nitrogen and oxygen atoms in total. The highest BCUT2D eigenvalue weighted by molar-refractivity contribution is 7.92. The fourth-order valence-corrected chi connectivity index (χ4v) is 5.02. The number of ketones is 1. The van der Waals surface area contributed by atoms with Crippen LogP contribution in [0, 0.1) is 18.7 Å². The summed E-state index contributed by atoms with van der Waals surface area (Å²) in [6, 6.07) is 6.77. The van der Waals surface area contributed by atoms with Crippen LogP contribution in [-0.4, -0.2) is 25.1 Å². The van der Waals surface area contributed by atoms with E-state index in [1.807, 2.05) is 18.6 Å². The number of amides is 1. The number of aromatic nitrogens is 1. The standard InChI is InChI=1S/C27H26ClF4N3O4S/c1-15(2)5-4-6-24(36)34-18-8-10-22(29)20(12-18)26(37)25-23(11-17(28)14-33-25)35-40(38,39)19-9-7-16(3)21(13-19)27(30,31)32/h7-15,35H,4-6H2,1-3H3,(H,34,36). The first kappa shape index (κ1) is 31.0. The van der Waals surface area contributed by atoms with Crippen LogP contribution in [0.15, 0.2) is 53.6 Å². The van der Waals surface area contributed by atoms with Gasteiger partial charge in [0.2, 0.25) is 11.7 Å². The lowest BCUT2D eigenvalue weighted by Gasteiger charge is -2.15. The van der Waals surface area contributed by atoms with E-state index in [-0.39, 0.29) is 28.6 Å². The lowest BCUT2D eigenvalue weighted by atomic mass is 10.0. The molecule has 0 saturated heterocycles. The molecule has 214 valence electrons. The van der Waals surface area contributed by atoms with Crippen molar-refractivity contribution in [3.05, 3.63) is 81.9 Å². The van der Waals surface area contributed by atoms with E-state index in [2.05, 4.69) is 10.3 Å². The normalized spacial score (nSPS) is 11.9. The number of aryl methyl sites for hydroxylation is 1. The molecule has 3 aromatic rings. The molecule has 1 heterocycles. The molecule has 0 aliphatic heterocycles. The third-order valence-electron chi connectivity index (χ3n) is 5.82. The van der Waals surface area contributed by atoms with Crippen LogP contribution in [-0.2, 0) is 21.0 Å². The number of rotatable bonds is 10.